The van der Waals surface area contributed by atoms with Crippen molar-refractivity contribution >= 4 is 22.6 Å². The highest BCUT2D eigenvalue weighted by Gasteiger charge is 2.34. The Hall–Kier alpha value is -1.06. The Labute approximate surface area is 112 Å². The highest BCUT2D eigenvalue weighted by atomic mass is 35.5. The van der Waals surface area contributed by atoms with Crippen LogP contribution in [0, 0.1) is 0 Å². The van der Waals surface area contributed by atoms with Gasteiger partial charge < -0.3 is 10.3 Å². The zero-order valence-electron chi connectivity index (χ0n) is 10.6. The predicted molar refractivity (Wildman–Crippen MR) is 74.9 cm³/mol. The van der Waals surface area contributed by atoms with Crippen molar-refractivity contribution in [3.63, 3.8) is 0 Å². The van der Waals surface area contributed by atoms with Gasteiger partial charge in [-0.3, -0.25) is 0 Å². The molecule has 2 N–H and O–H groups in total. The second kappa shape index (κ2) is 4.25. The topological polar surface area (TPSA) is 43.8 Å². The van der Waals surface area contributed by atoms with E-state index in [1.54, 1.807) is 0 Å². The summed E-state index contributed by atoms with van der Waals surface area (Å²) in [7, 11) is 0. The maximum absolute atomic E-state index is 6.33. The number of halogens is 1. The lowest BCUT2D eigenvalue weighted by atomic mass is 9.75. The second-order valence-corrected chi connectivity index (χ2v) is 5.68. The van der Waals surface area contributed by atoms with Gasteiger partial charge in [0.15, 0.2) is 0 Å². The third kappa shape index (κ3) is 1.82. The number of rotatable bonds is 3. The molecular formula is C14H18ClN3. The number of benzene rings is 1. The molecule has 1 fully saturated rings. The van der Waals surface area contributed by atoms with E-state index in [9.17, 15) is 0 Å². The van der Waals surface area contributed by atoms with E-state index in [-0.39, 0.29) is 5.54 Å². The summed E-state index contributed by atoms with van der Waals surface area (Å²) >= 11 is 6.28. The minimum Gasteiger partial charge on any atom is -0.327 e. The molecule has 4 heteroatoms. The molecule has 0 aliphatic heterocycles. The highest BCUT2D eigenvalue weighted by molar-refractivity contribution is 6.35. The molecule has 3 rings (SSSR count). The highest BCUT2D eigenvalue weighted by Crippen LogP contribution is 2.33. The number of aromatic nitrogens is 2. The van der Waals surface area contributed by atoms with E-state index in [0.717, 1.165) is 47.7 Å². The van der Waals surface area contributed by atoms with Crippen LogP contribution < -0.4 is 5.73 Å². The van der Waals surface area contributed by atoms with E-state index < -0.39 is 0 Å². The predicted octanol–water partition coefficient (Wildman–Crippen LogP) is 3.13. The van der Waals surface area contributed by atoms with E-state index in [1.165, 1.54) is 6.42 Å². The Kier molecular flexibility index (Phi) is 2.83. The zero-order chi connectivity index (χ0) is 12.8. The first-order valence-electron chi connectivity index (χ1n) is 6.55. The van der Waals surface area contributed by atoms with Gasteiger partial charge >= 0.3 is 0 Å². The van der Waals surface area contributed by atoms with Crippen LogP contribution in [0.3, 0.4) is 0 Å². The van der Waals surface area contributed by atoms with Gasteiger partial charge in [-0.05, 0) is 38.3 Å². The first kappa shape index (κ1) is 12.0. The molecule has 1 aromatic carbocycles. The largest absolute Gasteiger partial charge is 0.327 e. The van der Waals surface area contributed by atoms with Crippen molar-refractivity contribution in [2.24, 2.45) is 5.73 Å². The molecule has 0 atom stereocenters. The monoisotopic (exact) mass is 263 g/mol. The Morgan fingerprint density at radius 2 is 2.22 bits per heavy atom. The van der Waals surface area contributed by atoms with Crippen LogP contribution in [-0.4, -0.2) is 15.1 Å². The fourth-order valence-corrected chi connectivity index (χ4v) is 3.06. The molecule has 3 nitrogen and oxygen atoms in total. The number of nitrogens with zero attached hydrogens (tertiary/aromatic N) is 2. The van der Waals surface area contributed by atoms with E-state index in [2.05, 4.69) is 11.5 Å². The molecule has 1 aromatic heterocycles. The van der Waals surface area contributed by atoms with Gasteiger partial charge in [0.25, 0.3) is 0 Å². The summed E-state index contributed by atoms with van der Waals surface area (Å²) < 4.78 is 2.20. The molecule has 1 aliphatic carbocycles. The van der Waals surface area contributed by atoms with Crippen LogP contribution in [0.25, 0.3) is 11.0 Å². The van der Waals surface area contributed by atoms with E-state index in [0.29, 0.717) is 0 Å². The van der Waals surface area contributed by atoms with Crippen LogP contribution in [0.2, 0.25) is 5.02 Å². The number of fused-ring (bicyclic) bond motifs is 1. The molecule has 1 aliphatic rings. The van der Waals surface area contributed by atoms with Crippen LogP contribution in [0.5, 0.6) is 0 Å². The molecule has 0 spiro atoms. The fraction of sp³-hybridized carbons (Fsp3) is 0.500. The summed E-state index contributed by atoms with van der Waals surface area (Å²) in [5.41, 5.74) is 8.31. The Morgan fingerprint density at radius 3 is 2.83 bits per heavy atom. The number of hydrogen-bond donors (Lipinski definition) is 1. The van der Waals surface area contributed by atoms with Gasteiger partial charge in [0.05, 0.1) is 16.1 Å². The van der Waals surface area contributed by atoms with Crippen LogP contribution in [0.15, 0.2) is 18.2 Å². The number of aryl methyl sites for hydroxylation is 1. The molecule has 1 heterocycles. The maximum atomic E-state index is 6.33. The maximum Gasteiger partial charge on any atom is 0.111 e. The second-order valence-electron chi connectivity index (χ2n) is 5.27. The zero-order valence-corrected chi connectivity index (χ0v) is 11.4. The lowest BCUT2D eigenvalue weighted by Gasteiger charge is -2.37. The van der Waals surface area contributed by atoms with Gasteiger partial charge in [-0.15, -0.1) is 0 Å². The number of imidazole rings is 1. The van der Waals surface area contributed by atoms with Crippen molar-refractivity contribution in [3.8, 4) is 0 Å². The summed E-state index contributed by atoms with van der Waals surface area (Å²) in [6.07, 6.45) is 4.30. The third-order valence-electron chi connectivity index (χ3n) is 3.97. The molecule has 96 valence electrons. The number of hydrogen-bond acceptors (Lipinski definition) is 2. The smallest absolute Gasteiger partial charge is 0.111 e. The minimum atomic E-state index is -0.0409. The molecule has 18 heavy (non-hydrogen) atoms. The van der Waals surface area contributed by atoms with Gasteiger partial charge in [0, 0.05) is 18.5 Å². The van der Waals surface area contributed by atoms with E-state index in [4.69, 9.17) is 22.3 Å². The fourth-order valence-electron chi connectivity index (χ4n) is 2.79. The summed E-state index contributed by atoms with van der Waals surface area (Å²) in [6, 6.07) is 5.88. The van der Waals surface area contributed by atoms with Gasteiger partial charge in [-0.2, -0.15) is 0 Å². The summed E-state index contributed by atoms with van der Waals surface area (Å²) in [5.74, 6) is 1.07. The number of para-hydroxylation sites is 1. The molecule has 0 bridgehead atoms. The molecule has 0 radical (unpaired) electrons. The van der Waals surface area contributed by atoms with Crippen LogP contribution >= 0.6 is 11.6 Å². The first-order chi connectivity index (χ1) is 8.63. The average molecular weight is 264 g/mol. The van der Waals surface area contributed by atoms with Crippen molar-refractivity contribution in [3.05, 3.63) is 29.0 Å². The molecule has 0 unspecified atom stereocenters. The van der Waals surface area contributed by atoms with Crippen LogP contribution in [0.4, 0.5) is 0 Å². The minimum absolute atomic E-state index is 0.0409. The quantitative estimate of drug-likeness (QED) is 0.925. The first-order valence-corrected chi connectivity index (χ1v) is 6.93. The van der Waals surface area contributed by atoms with Gasteiger partial charge in [-0.1, -0.05) is 17.7 Å². The lowest BCUT2D eigenvalue weighted by Crippen LogP contribution is -2.48. The van der Waals surface area contributed by atoms with Gasteiger partial charge in [0.1, 0.15) is 5.82 Å². The Bertz CT molecular complexity index is 584. The van der Waals surface area contributed by atoms with Crippen molar-refractivity contribution in [1.29, 1.82) is 0 Å². The summed E-state index contributed by atoms with van der Waals surface area (Å²) in [5, 5.41) is 0.771. The molecule has 0 amide bonds. The average Bonchev–Trinajstić information content (AvgIpc) is 2.65. The Morgan fingerprint density at radius 1 is 1.44 bits per heavy atom. The molecule has 2 aromatic rings. The lowest BCUT2D eigenvalue weighted by molar-refractivity contribution is 0.241. The van der Waals surface area contributed by atoms with Gasteiger partial charge in [-0.25, -0.2) is 4.98 Å². The van der Waals surface area contributed by atoms with Crippen molar-refractivity contribution < 1.29 is 0 Å². The normalized spacial score (nSPS) is 17.9. The van der Waals surface area contributed by atoms with Crippen LogP contribution in [-0.2, 0) is 13.0 Å². The molecule has 1 saturated carbocycles. The Balaban J connectivity index is 2.08. The molecular weight excluding hydrogens is 246 g/mol. The van der Waals surface area contributed by atoms with Crippen LogP contribution in [0.1, 0.15) is 32.0 Å². The SMILES string of the molecule is CCn1c(CC2(N)CCC2)nc2cccc(Cl)c21. The van der Waals surface area contributed by atoms with Crippen molar-refractivity contribution in [2.75, 3.05) is 0 Å². The third-order valence-corrected chi connectivity index (χ3v) is 4.28. The van der Waals surface area contributed by atoms with E-state index in [1.807, 2.05) is 18.2 Å². The van der Waals surface area contributed by atoms with Crippen molar-refractivity contribution in [2.45, 2.75) is 44.7 Å². The molecule has 0 saturated heterocycles. The van der Waals surface area contributed by atoms with Crippen molar-refractivity contribution in [1.82, 2.24) is 9.55 Å². The van der Waals surface area contributed by atoms with Gasteiger partial charge in [0.2, 0.25) is 0 Å². The summed E-state index contributed by atoms with van der Waals surface area (Å²) in [4.78, 5) is 4.71. The standard InChI is InChI=1S/C14H18ClN3/c1-2-18-12(9-14(16)7-4-8-14)17-11-6-3-5-10(15)13(11)18/h3,5-6H,2,4,7-9,16H2,1H3. The summed E-state index contributed by atoms with van der Waals surface area (Å²) in [6.45, 7) is 3.00. The van der Waals surface area contributed by atoms with E-state index >= 15 is 0 Å². The number of nitrogens with two attached hydrogens (primary N) is 1.